The maximum Gasteiger partial charge on any atom is 0.253 e. The summed E-state index contributed by atoms with van der Waals surface area (Å²) < 4.78 is 35.4. The molecule has 16 atom stereocenters. The Morgan fingerprint density at radius 2 is 0.686 bits per heavy atom. The molecule has 0 heterocycles. The van der Waals surface area contributed by atoms with Crippen LogP contribution in [0.3, 0.4) is 0 Å². The van der Waals surface area contributed by atoms with Crippen LogP contribution in [0.25, 0.3) is 0 Å². The van der Waals surface area contributed by atoms with Crippen LogP contribution in [0.2, 0.25) is 0 Å². The van der Waals surface area contributed by atoms with Gasteiger partial charge in [-0.15, -0.1) is 0 Å². The number of amides is 10. The number of hydrogen-bond acceptors (Lipinski definition) is 25. The second-order valence-corrected chi connectivity index (χ2v) is 30.8. The molecule has 0 aromatic carbocycles. The Kier molecular flexibility index (Phi) is 46.0. The van der Waals surface area contributed by atoms with Gasteiger partial charge in [-0.2, -0.15) is 0 Å². The summed E-state index contributed by atoms with van der Waals surface area (Å²) in [6, 6.07) is -2.63. The lowest BCUT2D eigenvalue weighted by Gasteiger charge is -2.42. The SMILES string of the molecule is CC(=O)NC1C(OCCCCC(=O)NCCCC(=O)NCCCN(CCCCN(CCCNC(=O)CCCNC(=O)CCCCOC2CC(CO)C(O)C(O)C2NC(C)=O)C(=O)C(O)COP(C)(C)=O)C(=O)CCCNC(=O)CCCCOC2CC(CO)C(O)C(O)C2NC(C)=O)CC(CO)C(O)C1O. The van der Waals surface area contributed by atoms with Crippen LogP contribution in [-0.2, 0) is 71.2 Å². The van der Waals surface area contributed by atoms with E-state index in [4.69, 9.17) is 18.7 Å². The molecule has 3 rings (SSSR count). The van der Waals surface area contributed by atoms with E-state index in [9.17, 15) is 104 Å². The summed E-state index contributed by atoms with van der Waals surface area (Å²) in [6.07, 6.45) is -4.85. The van der Waals surface area contributed by atoms with Crippen molar-refractivity contribution in [3.63, 3.8) is 0 Å². The third-order valence-electron chi connectivity index (χ3n) is 18.8. The van der Waals surface area contributed by atoms with Crippen LogP contribution in [0.1, 0.15) is 162 Å². The smallest absolute Gasteiger partial charge is 0.253 e. The minimum atomic E-state index is -3.08. The zero-order valence-electron chi connectivity index (χ0n) is 62.0. The number of unbranched alkanes of at least 4 members (excludes halogenated alkanes) is 4. The maximum absolute atomic E-state index is 13.9. The highest BCUT2D eigenvalue weighted by Gasteiger charge is 2.47. The molecular formula is C69H125N10O25P. The van der Waals surface area contributed by atoms with Crippen molar-refractivity contribution in [1.82, 2.24) is 52.3 Å². The Bertz CT molecular complexity index is 2670. The second kappa shape index (κ2) is 51.7. The molecule has 0 radical (unpaired) electrons. The van der Waals surface area contributed by atoms with Gasteiger partial charge in [0.1, 0.15) is 18.3 Å². The van der Waals surface area contributed by atoms with Gasteiger partial charge >= 0.3 is 0 Å². The number of carbonyl (C=O) groups is 10. The Morgan fingerprint density at radius 1 is 0.400 bits per heavy atom. The number of aliphatic hydroxyl groups excluding tert-OH is 10. The topological polar surface area (TPSA) is 530 Å². The van der Waals surface area contributed by atoms with E-state index >= 15 is 0 Å². The average Bonchev–Trinajstić information content (AvgIpc) is 0.820. The van der Waals surface area contributed by atoms with Gasteiger partial charge in [0.2, 0.25) is 53.2 Å². The van der Waals surface area contributed by atoms with Crippen LogP contribution in [0.15, 0.2) is 0 Å². The van der Waals surface area contributed by atoms with Crippen LogP contribution in [0, 0.1) is 17.8 Å². The van der Waals surface area contributed by atoms with Crippen molar-refractivity contribution < 1.29 is 122 Å². The average molecular weight is 1530 g/mol. The molecule has 16 unspecified atom stereocenters. The molecule has 3 saturated carbocycles. The van der Waals surface area contributed by atoms with Gasteiger partial charge in [0.15, 0.2) is 13.5 Å². The van der Waals surface area contributed by atoms with E-state index in [2.05, 4.69) is 42.5 Å². The molecule has 3 aliphatic rings. The number of ether oxygens (including phenoxy) is 3. The number of carbonyl (C=O) groups excluding carboxylic acids is 10. The van der Waals surface area contributed by atoms with Crippen LogP contribution >= 0.6 is 7.37 Å². The minimum absolute atomic E-state index is 0.0593. The molecule has 3 aliphatic carbocycles. The molecule has 0 bridgehead atoms. The van der Waals surface area contributed by atoms with E-state index in [-0.39, 0.29) is 198 Å². The molecule has 606 valence electrons. The van der Waals surface area contributed by atoms with E-state index in [1.807, 2.05) is 0 Å². The summed E-state index contributed by atoms with van der Waals surface area (Å²) >= 11 is 0. The first kappa shape index (κ1) is 93.6. The fourth-order valence-electron chi connectivity index (χ4n) is 12.9. The molecule has 36 heteroatoms. The van der Waals surface area contributed by atoms with Crippen LogP contribution in [0.5, 0.6) is 0 Å². The number of nitrogens with zero attached hydrogens (tertiary/aromatic N) is 2. The van der Waals surface area contributed by atoms with E-state index in [0.29, 0.717) is 77.0 Å². The lowest BCUT2D eigenvalue weighted by atomic mass is 9.79. The molecule has 0 aromatic heterocycles. The van der Waals surface area contributed by atoms with Gasteiger partial charge in [0.05, 0.1) is 61.4 Å². The molecule has 35 nitrogen and oxygen atoms in total. The zero-order valence-corrected chi connectivity index (χ0v) is 62.9. The first-order chi connectivity index (χ1) is 49.9. The Balaban J connectivity index is 1.49. The summed E-state index contributed by atoms with van der Waals surface area (Å²) in [5.41, 5.74) is 0. The van der Waals surface area contributed by atoms with E-state index < -0.39 is 135 Å². The van der Waals surface area contributed by atoms with Gasteiger partial charge in [-0.3, -0.25) is 52.5 Å². The highest BCUT2D eigenvalue weighted by molar-refractivity contribution is 7.57. The van der Waals surface area contributed by atoms with Crippen molar-refractivity contribution in [3.05, 3.63) is 0 Å². The maximum atomic E-state index is 13.9. The first-order valence-electron chi connectivity index (χ1n) is 37.3. The van der Waals surface area contributed by atoms with Crippen molar-refractivity contribution in [1.29, 1.82) is 0 Å². The zero-order chi connectivity index (χ0) is 78.0. The van der Waals surface area contributed by atoms with Gasteiger partial charge in [-0.05, 0) is 103 Å². The van der Waals surface area contributed by atoms with Crippen LogP contribution < -0.4 is 42.5 Å². The lowest BCUT2D eigenvalue weighted by molar-refractivity contribution is -0.142. The molecule has 0 saturated heterocycles. The lowest BCUT2D eigenvalue weighted by Crippen LogP contribution is -2.61. The van der Waals surface area contributed by atoms with Gasteiger partial charge < -0.3 is 122 Å². The quantitative estimate of drug-likeness (QED) is 0.0207. The van der Waals surface area contributed by atoms with Crippen molar-refractivity contribution in [3.8, 4) is 0 Å². The van der Waals surface area contributed by atoms with Crippen molar-refractivity contribution in [2.75, 3.05) is 118 Å². The Labute approximate surface area is 616 Å². The summed E-state index contributed by atoms with van der Waals surface area (Å²) in [6.45, 7) is 7.22. The van der Waals surface area contributed by atoms with Crippen molar-refractivity contribution >= 4 is 66.4 Å². The standard InChI is InChI=1S/C69H125N10O25P/c1-44(83)75-60-51(37-47(40-80)63(93)66(60)96)101-34-11-6-19-54(87)70-25-14-22-57(90)73-28-17-32-78(59(92)24-16-27-72-56(89)21-8-13-36-103-53-39-49(42-82)65(95)68(98)62(53)77-46(3)85)30-9-10-31-79(69(99)50(86)43-104-105(4,5)100)33-18-29-74-58(91)23-15-26-71-55(88)20-7-12-35-102-52-38-48(41-81)64(94)67(97)61(52)76-45(2)84/h47-53,60-68,80-82,86,93-98H,6-43H2,1-5H3,(H,70,87)(H,71,88)(H,72,89)(H,73,90)(H,74,91)(H,75,83)(H,76,84)(H,77,85). The summed E-state index contributed by atoms with van der Waals surface area (Å²) in [4.78, 5) is 130. The number of hydrogen-bond donors (Lipinski definition) is 18. The van der Waals surface area contributed by atoms with Crippen LogP contribution in [-0.4, -0.2) is 318 Å². The van der Waals surface area contributed by atoms with Gasteiger partial charge in [0.25, 0.3) is 5.91 Å². The van der Waals surface area contributed by atoms with E-state index in [1.165, 1.54) is 39.0 Å². The Hall–Kier alpha value is -5.63. The second-order valence-electron chi connectivity index (χ2n) is 28.0. The van der Waals surface area contributed by atoms with Crippen LogP contribution in [0.4, 0.5) is 0 Å². The highest BCUT2D eigenvalue weighted by Crippen LogP contribution is 2.37. The van der Waals surface area contributed by atoms with Crippen molar-refractivity contribution in [2.45, 2.75) is 241 Å². The largest absolute Gasteiger partial charge is 0.396 e. The molecule has 0 aromatic rings. The summed E-state index contributed by atoms with van der Waals surface area (Å²) in [5.74, 6) is -5.36. The van der Waals surface area contributed by atoms with E-state index in [1.54, 1.807) is 4.90 Å². The minimum Gasteiger partial charge on any atom is -0.396 e. The highest BCUT2D eigenvalue weighted by atomic mass is 31.2. The van der Waals surface area contributed by atoms with Crippen molar-refractivity contribution in [2.24, 2.45) is 17.8 Å². The fourth-order valence-corrected chi connectivity index (χ4v) is 13.4. The fraction of sp³-hybridized carbons (Fsp3) is 0.855. The predicted octanol–water partition coefficient (Wildman–Crippen LogP) is -3.58. The normalized spacial score (nSPS) is 24.8. The van der Waals surface area contributed by atoms with E-state index in [0.717, 1.165) is 0 Å². The summed E-state index contributed by atoms with van der Waals surface area (Å²) in [7, 11) is -3.08. The Morgan fingerprint density at radius 3 is 1.00 bits per heavy atom. The van der Waals surface area contributed by atoms with Gasteiger partial charge in [-0.1, -0.05) is 0 Å². The van der Waals surface area contributed by atoms with Gasteiger partial charge in [0, 0.05) is 189 Å². The number of nitrogens with one attached hydrogen (secondary N) is 8. The first-order valence-corrected chi connectivity index (χ1v) is 39.8. The summed E-state index contributed by atoms with van der Waals surface area (Å²) in [5, 5.41) is 125. The monoisotopic (exact) mass is 1520 g/mol. The molecule has 3 fully saturated rings. The number of rotatable bonds is 53. The number of aliphatic hydroxyl groups is 10. The molecule has 0 spiro atoms. The predicted molar refractivity (Wildman–Crippen MR) is 381 cm³/mol. The molecule has 10 amide bonds. The molecule has 18 N–H and O–H groups in total. The van der Waals surface area contributed by atoms with Gasteiger partial charge in [-0.25, -0.2) is 0 Å². The molecular weight excluding hydrogens is 1400 g/mol. The third-order valence-corrected chi connectivity index (χ3v) is 19.5. The molecule has 0 aliphatic heterocycles. The molecule has 105 heavy (non-hydrogen) atoms. The third kappa shape index (κ3) is 37.4.